The van der Waals surface area contributed by atoms with Crippen molar-refractivity contribution in [1.82, 2.24) is 15.1 Å². The smallest absolute Gasteiger partial charge is 0.317 e. The lowest BCUT2D eigenvalue weighted by molar-refractivity contribution is -0.144. The van der Waals surface area contributed by atoms with E-state index in [1.807, 2.05) is 14.1 Å². The van der Waals surface area contributed by atoms with E-state index in [0.717, 1.165) is 19.4 Å². The second-order valence-electron chi connectivity index (χ2n) is 5.53. The molecule has 0 aromatic carbocycles. The average Bonchev–Trinajstić information content (AvgIpc) is 2.25. The van der Waals surface area contributed by atoms with Crippen molar-refractivity contribution in [2.75, 3.05) is 40.3 Å². The lowest BCUT2D eigenvalue weighted by Crippen LogP contribution is -2.56. The van der Waals surface area contributed by atoms with Crippen LogP contribution < -0.4 is 5.32 Å². The minimum atomic E-state index is -0.784. The lowest BCUT2D eigenvalue weighted by atomic mass is 9.87. The molecule has 1 heterocycles. The first-order chi connectivity index (χ1) is 8.91. The number of carboxylic acids is 1. The van der Waals surface area contributed by atoms with Gasteiger partial charge in [0.15, 0.2) is 0 Å². The fourth-order valence-electron chi connectivity index (χ4n) is 2.06. The zero-order chi connectivity index (χ0) is 14.4. The molecule has 6 heteroatoms. The Morgan fingerprint density at radius 1 is 1.37 bits per heavy atom. The summed E-state index contributed by atoms with van der Waals surface area (Å²) in [5.74, 6) is -1.06. The zero-order valence-electron chi connectivity index (χ0n) is 12.1. The van der Waals surface area contributed by atoms with Crippen molar-refractivity contribution in [2.24, 2.45) is 11.8 Å². The first-order valence-corrected chi connectivity index (χ1v) is 6.82. The molecule has 1 fully saturated rings. The normalized spacial score (nSPS) is 17.2. The molecule has 1 aliphatic heterocycles. The summed E-state index contributed by atoms with van der Waals surface area (Å²) in [7, 11) is 4.06. The number of nitrogens with zero attached hydrogens (tertiary/aromatic N) is 2. The Kier molecular flexibility index (Phi) is 6.08. The number of hydrogen-bond donors (Lipinski definition) is 2. The highest BCUT2D eigenvalue weighted by molar-refractivity contribution is 5.76. The first-order valence-electron chi connectivity index (χ1n) is 6.82. The van der Waals surface area contributed by atoms with Crippen LogP contribution in [0.25, 0.3) is 0 Å². The number of urea groups is 1. The number of likely N-dealkylation sites (tertiary alicyclic amines) is 1. The van der Waals surface area contributed by atoms with Gasteiger partial charge in [0.2, 0.25) is 0 Å². The van der Waals surface area contributed by atoms with Crippen molar-refractivity contribution in [3.05, 3.63) is 0 Å². The highest BCUT2D eigenvalue weighted by Crippen LogP contribution is 2.23. The van der Waals surface area contributed by atoms with E-state index in [1.165, 1.54) is 0 Å². The Morgan fingerprint density at radius 2 is 2.00 bits per heavy atom. The summed E-state index contributed by atoms with van der Waals surface area (Å²) >= 11 is 0. The zero-order valence-corrected chi connectivity index (χ0v) is 12.1. The third kappa shape index (κ3) is 5.06. The highest BCUT2D eigenvalue weighted by atomic mass is 16.4. The molecule has 1 atom stereocenters. The van der Waals surface area contributed by atoms with E-state index in [1.54, 1.807) is 11.8 Å². The molecular formula is C13H25N3O3. The molecule has 110 valence electrons. The van der Waals surface area contributed by atoms with E-state index in [2.05, 4.69) is 10.2 Å². The second kappa shape index (κ2) is 7.33. The number of amides is 2. The number of aliphatic carboxylic acids is 1. The Hall–Kier alpha value is -1.30. The van der Waals surface area contributed by atoms with Gasteiger partial charge in [-0.05, 0) is 33.5 Å². The van der Waals surface area contributed by atoms with Gasteiger partial charge in [-0.1, -0.05) is 6.92 Å². The van der Waals surface area contributed by atoms with Gasteiger partial charge in [0.25, 0.3) is 0 Å². The molecule has 0 aliphatic carbocycles. The number of carbonyl (C=O) groups excluding carboxylic acids is 1. The van der Waals surface area contributed by atoms with Gasteiger partial charge in [-0.2, -0.15) is 0 Å². The Bertz CT molecular complexity index is 314. The summed E-state index contributed by atoms with van der Waals surface area (Å²) in [5, 5.41) is 11.7. The number of nitrogens with one attached hydrogen (secondary N) is 1. The van der Waals surface area contributed by atoms with Crippen LogP contribution in [0.15, 0.2) is 0 Å². The van der Waals surface area contributed by atoms with E-state index in [0.29, 0.717) is 19.6 Å². The molecule has 0 saturated carbocycles. The summed E-state index contributed by atoms with van der Waals surface area (Å²) in [6.07, 6.45) is 2.03. The Labute approximate surface area is 114 Å². The van der Waals surface area contributed by atoms with Crippen LogP contribution in [0.3, 0.4) is 0 Å². The predicted molar refractivity (Wildman–Crippen MR) is 73.0 cm³/mol. The van der Waals surface area contributed by atoms with Gasteiger partial charge < -0.3 is 20.2 Å². The predicted octanol–water partition coefficient (Wildman–Crippen LogP) is 0.690. The van der Waals surface area contributed by atoms with Crippen molar-refractivity contribution < 1.29 is 14.7 Å². The Balaban J connectivity index is 2.08. The summed E-state index contributed by atoms with van der Waals surface area (Å²) < 4.78 is 0. The van der Waals surface area contributed by atoms with Gasteiger partial charge >= 0.3 is 12.0 Å². The van der Waals surface area contributed by atoms with Crippen LogP contribution in [-0.4, -0.2) is 67.2 Å². The van der Waals surface area contributed by atoms with Gasteiger partial charge in [-0.15, -0.1) is 0 Å². The van der Waals surface area contributed by atoms with E-state index in [4.69, 9.17) is 5.11 Å². The maximum Gasteiger partial charge on any atom is 0.317 e. The monoisotopic (exact) mass is 271 g/mol. The molecule has 2 N–H and O–H groups in total. The minimum absolute atomic E-state index is 0.0707. The number of rotatable bonds is 7. The molecule has 1 aliphatic rings. The quantitative estimate of drug-likeness (QED) is 0.668. The van der Waals surface area contributed by atoms with Gasteiger partial charge in [-0.3, -0.25) is 4.79 Å². The maximum absolute atomic E-state index is 11.7. The third-order valence-corrected chi connectivity index (χ3v) is 3.60. The van der Waals surface area contributed by atoms with Crippen molar-refractivity contribution in [1.29, 1.82) is 0 Å². The van der Waals surface area contributed by atoms with Crippen LogP contribution in [-0.2, 0) is 4.79 Å². The van der Waals surface area contributed by atoms with Crippen molar-refractivity contribution in [3.63, 3.8) is 0 Å². The van der Waals surface area contributed by atoms with E-state index in [-0.39, 0.29) is 17.9 Å². The standard InChI is InChI=1S/C13H25N3O3/c1-10(12(17)18)11-8-16(9-11)13(19)14-6-4-5-7-15(2)3/h10-11H,4-9H2,1-3H3,(H,14,19)(H,17,18). The minimum Gasteiger partial charge on any atom is -0.481 e. The van der Waals surface area contributed by atoms with Gasteiger partial charge in [-0.25, -0.2) is 4.79 Å². The topological polar surface area (TPSA) is 72.9 Å². The van der Waals surface area contributed by atoms with Gasteiger partial charge in [0.1, 0.15) is 0 Å². The molecule has 1 unspecified atom stereocenters. The average molecular weight is 271 g/mol. The van der Waals surface area contributed by atoms with Crippen LogP contribution >= 0.6 is 0 Å². The second-order valence-corrected chi connectivity index (χ2v) is 5.53. The first kappa shape index (κ1) is 15.8. The molecule has 0 aromatic rings. The molecule has 0 bridgehead atoms. The summed E-state index contributed by atoms with van der Waals surface area (Å²) in [4.78, 5) is 26.3. The molecule has 0 aromatic heterocycles. The van der Waals surface area contributed by atoms with Gasteiger partial charge in [0.05, 0.1) is 5.92 Å². The fraction of sp³-hybridized carbons (Fsp3) is 0.846. The number of unbranched alkanes of at least 4 members (excludes halogenated alkanes) is 1. The number of carbonyl (C=O) groups is 2. The van der Waals surface area contributed by atoms with Crippen molar-refractivity contribution in [3.8, 4) is 0 Å². The van der Waals surface area contributed by atoms with E-state index >= 15 is 0 Å². The number of hydrogen-bond acceptors (Lipinski definition) is 3. The van der Waals surface area contributed by atoms with Crippen LogP contribution in [0.2, 0.25) is 0 Å². The molecule has 0 spiro atoms. The van der Waals surface area contributed by atoms with Crippen LogP contribution in [0.4, 0.5) is 4.79 Å². The lowest BCUT2D eigenvalue weighted by Gasteiger charge is -2.41. The largest absolute Gasteiger partial charge is 0.481 e. The molecule has 2 amide bonds. The van der Waals surface area contributed by atoms with Crippen molar-refractivity contribution in [2.45, 2.75) is 19.8 Å². The van der Waals surface area contributed by atoms with Gasteiger partial charge in [0, 0.05) is 25.6 Å². The van der Waals surface area contributed by atoms with Crippen LogP contribution in [0.1, 0.15) is 19.8 Å². The van der Waals surface area contributed by atoms with Crippen molar-refractivity contribution >= 4 is 12.0 Å². The van der Waals surface area contributed by atoms with Crippen LogP contribution in [0.5, 0.6) is 0 Å². The molecule has 19 heavy (non-hydrogen) atoms. The SMILES string of the molecule is CC(C(=O)O)C1CN(C(=O)NCCCCN(C)C)C1. The fourth-order valence-corrected chi connectivity index (χ4v) is 2.06. The molecule has 0 radical (unpaired) electrons. The molecule has 6 nitrogen and oxygen atoms in total. The molecule has 1 rings (SSSR count). The van der Waals surface area contributed by atoms with E-state index < -0.39 is 5.97 Å². The van der Waals surface area contributed by atoms with E-state index in [9.17, 15) is 9.59 Å². The summed E-state index contributed by atoms with van der Waals surface area (Å²) in [6, 6.07) is -0.0707. The highest BCUT2D eigenvalue weighted by Gasteiger charge is 2.36. The maximum atomic E-state index is 11.7. The molecular weight excluding hydrogens is 246 g/mol. The summed E-state index contributed by atoms with van der Waals surface area (Å²) in [6.45, 7) is 4.51. The van der Waals surface area contributed by atoms with Crippen LogP contribution in [0, 0.1) is 11.8 Å². The summed E-state index contributed by atoms with van der Waals surface area (Å²) in [5.41, 5.74) is 0. The Morgan fingerprint density at radius 3 is 2.53 bits per heavy atom. The number of carboxylic acid groups (broad SMARTS) is 1. The molecule has 1 saturated heterocycles. The third-order valence-electron chi connectivity index (χ3n) is 3.60.